The van der Waals surface area contributed by atoms with Gasteiger partial charge in [-0.05, 0) is 166 Å². The summed E-state index contributed by atoms with van der Waals surface area (Å²) >= 11 is 0. The van der Waals surface area contributed by atoms with Gasteiger partial charge in [0, 0.05) is 59.3 Å². The molecule has 7 aromatic rings. The average molecular weight is 1810 g/mol. The van der Waals surface area contributed by atoms with Crippen LogP contribution in [0, 0.1) is 16.7 Å². The fourth-order valence-corrected chi connectivity index (χ4v) is 16.7. The van der Waals surface area contributed by atoms with Gasteiger partial charge in [0.1, 0.15) is 102 Å². The highest BCUT2D eigenvalue weighted by atomic mass is 32.2. The molecular formula is C96H124N14O19S. The van der Waals surface area contributed by atoms with Gasteiger partial charge in [0.15, 0.2) is 0 Å². The molecule has 11 amide bonds. The molecule has 0 bridgehead atoms. The lowest BCUT2D eigenvalue weighted by molar-refractivity contribution is -0.145. The second-order valence-corrected chi connectivity index (χ2v) is 40.0. The maximum absolute atomic E-state index is 15.6. The number of benzene rings is 6. The smallest absolute Gasteiger partial charge is 0.410 e. The Morgan fingerprint density at radius 3 is 1.36 bits per heavy atom. The number of carboxylic acid groups (broad SMARTS) is 1. The van der Waals surface area contributed by atoms with Gasteiger partial charge in [0.25, 0.3) is 5.91 Å². The van der Waals surface area contributed by atoms with Crippen molar-refractivity contribution in [2.45, 2.75) is 244 Å². The third-order valence-electron chi connectivity index (χ3n) is 23.1. The zero-order valence-electron chi connectivity index (χ0n) is 76.9. The van der Waals surface area contributed by atoms with Crippen molar-refractivity contribution in [1.29, 1.82) is 0 Å². The van der Waals surface area contributed by atoms with Crippen molar-refractivity contribution >= 4 is 103 Å². The number of hydrogen-bond acceptors (Lipinski definition) is 20. The number of nitrogens with one attached hydrogen (secondary N) is 7. The number of nitrogens with zero attached hydrogens (tertiary/aromatic N) is 7. The molecule has 0 radical (unpaired) electrons. The fraction of sp³-hybridized carbons (Fsp3) is 0.479. The number of amides is 11. The molecule has 3 aliphatic rings. The second-order valence-electron chi connectivity index (χ2n) is 38.0. The summed E-state index contributed by atoms with van der Waals surface area (Å²) in [4.78, 5) is 179. The van der Waals surface area contributed by atoms with Gasteiger partial charge in [-0.3, -0.25) is 57.7 Å². The maximum atomic E-state index is 15.6. The molecule has 3 fully saturated rings. The molecule has 3 heterocycles. The van der Waals surface area contributed by atoms with E-state index < -0.39 is 175 Å². The van der Waals surface area contributed by atoms with Gasteiger partial charge < -0.3 is 65.8 Å². The SMILES string of the molecule is C=CCOc1ccc(CC(NC(=O)C(Cc2ccc3ccccc3c2)NC(=O)[C@@H]2C[C@H](n3cc(COc4ccc(CC(NC(=O)C(Cc5ccc6ccccc6c5)NC(=O)[C@@H]5C[C@H](CC=C)CN5C(=O)C(NC(=O)C(C)N(C)C(=O)OC(C)(C)C)C(C)(C)C)C(=O)NS(=O)(=O)C5CC5)cc4)nn3)CN2C(=O)C(NC(=O)C(C)N(C)C(=O)OC(C)(C)C)C(C)(C)C)C(=O)O)cc1. The van der Waals surface area contributed by atoms with Crippen LogP contribution in [-0.2, 0) is 99.7 Å². The number of carbonyl (C=O) groups is 12. The normalized spacial score (nSPS) is 17.8. The molecule has 6 aromatic carbocycles. The Hall–Kier alpha value is -12.7. The van der Waals surface area contributed by atoms with E-state index in [1.165, 1.54) is 42.4 Å². The van der Waals surface area contributed by atoms with E-state index in [2.05, 4.69) is 60.1 Å². The van der Waals surface area contributed by atoms with E-state index in [1.807, 2.05) is 72.8 Å². The van der Waals surface area contributed by atoms with Crippen LogP contribution in [0.25, 0.3) is 21.5 Å². The highest BCUT2D eigenvalue weighted by Crippen LogP contribution is 2.35. The van der Waals surface area contributed by atoms with Gasteiger partial charge in [-0.1, -0.05) is 175 Å². The van der Waals surface area contributed by atoms with Gasteiger partial charge in [-0.25, -0.2) is 27.5 Å². The van der Waals surface area contributed by atoms with E-state index in [1.54, 1.807) is 162 Å². The van der Waals surface area contributed by atoms with Gasteiger partial charge in [0.2, 0.25) is 57.3 Å². The van der Waals surface area contributed by atoms with Crippen molar-refractivity contribution in [2.24, 2.45) is 16.7 Å². The summed E-state index contributed by atoms with van der Waals surface area (Å²) in [6, 6.07) is 24.9. The highest BCUT2D eigenvalue weighted by molar-refractivity contribution is 7.91. The van der Waals surface area contributed by atoms with Crippen molar-refractivity contribution in [2.75, 3.05) is 33.8 Å². The van der Waals surface area contributed by atoms with Crippen LogP contribution in [0.4, 0.5) is 9.59 Å². The maximum Gasteiger partial charge on any atom is 0.410 e. The van der Waals surface area contributed by atoms with E-state index in [-0.39, 0.29) is 82.2 Å². The first-order valence-electron chi connectivity index (χ1n) is 43.7. The zero-order valence-corrected chi connectivity index (χ0v) is 77.7. The van der Waals surface area contributed by atoms with Crippen LogP contribution in [0.2, 0.25) is 0 Å². The Morgan fingerprint density at radius 1 is 0.508 bits per heavy atom. The molecule has 33 nitrogen and oxygen atoms in total. The first-order chi connectivity index (χ1) is 61.1. The number of rotatable bonds is 37. The third kappa shape index (κ3) is 27.0. The number of allylic oxidation sites excluding steroid dienone is 1. The summed E-state index contributed by atoms with van der Waals surface area (Å²) in [5.74, 6) is -7.83. The Labute approximate surface area is 759 Å². The van der Waals surface area contributed by atoms with Gasteiger partial charge >= 0.3 is 18.2 Å². The molecule has 0 spiro atoms. The highest BCUT2D eigenvalue weighted by Gasteiger charge is 2.50. The summed E-state index contributed by atoms with van der Waals surface area (Å²) in [6.07, 6.45) is 3.55. The Morgan fingerprint density at radius 2 is 0.923 bits per heavy atom. The third-order valence-corrected chi connectivity index (χ3v) is 24.9. The van der Waals surface area contributed by atoms with Crippen molar-refractivity contribution in [3.63, 3.8) is 0 Å². The van der Waals surface area contributed by atoms with Crippen LogP contribution in [0.15, 0.2) is 165 Å². The Kier molecular flexibility index (Phi) is 32.3. The van der Waals surface area contributed by atoms with Crippen molar-refractivity contribution < 1.29 is 90.0 Å². The quantitative estimate of drug-likeness (QED) is 0.0168. The molecule has 2 aliphatic heterocycles. The molecule has 8 unspecified atom stereocenters. The van der Waals surface area contributed by atoms with E-state index in [9.17, 15) is 47.1 Å². The van der Waals surface area contributed by atoms with Crippen LogP contribution < -0.4 is 46.1 Å². The Bertz CT molecular complexity index is 5440. The monoisotopic (exact) mass is 1810 g/mol. The summed E-state index contributed by atoms with van der Waals surface area (Å²) < 4.78 is 53.8. The largest absolute Gasteiger partial charge is 0.490 e. The fourth-order valence-electron chi connectivity index (χ4n) is 15.4. The molecule has 8 N–H and O–H groups in total. The van der Waals surface area contributed by atoms with E-state index >= 15 is 24.0 Å². The second kappa shape index (κ2) is 42.2. The van der Waals surface area contributed by atoms with E-state index in [0.29, 0.717) is 47.3 Å². The molecule has 34 heteroatoms. The topological polar surface area (TPSA) is 424 Å². The Balaban J connectivity index is 0.895. The lowest BCUT2D eigenvalue weighted by Crippen LogP contribution is -2.61. The molecule has 1 saturated carbocycles. The molecule has 10 rings (SSSR count). The molecule has 130 heavy (non-hydrogen) atoms. The summed E-state index contributed by atoms with van der Waals surface area (Å²) in [5, 5.41) is 39.0. The van der Waals surface area contributed by atoms with Crippen LogP contribution >= 0.6 is 0 Å². The number of carboxylic acids is 1. The van der Waals surface area contributed by atoms with Gasteiger partial charge in [0.05, 0.1) is 17.5 Å². The zero-order chi connectivity index (χ0) is 95.2. The average Bonchev–Trinajstić information content (AvgIpc) is 1.63. The van der Waals surface area contributed by atoms with Crippen LogP contribution in [-0.4, -0.2) is 230 Å². The number of hydrogen-bond donors (Lipinski definition) is 8. The summed E-state index contributed by atoms with van der Waals surface area (Å²) in [7, 11) is -1.42. The number of likely N-dealkylation sites (N-methyl/N-ethyl adjacent to an activating group) is 2. The molecule has 12 atom stereocenters. The number of likely N-dealkylation sites (tertiary alicyclic amines) is 2. The number of aromatic nitrogens is 3. The number of fused-ring (bicyclic) bond motifs is 2. The predicted octanol–water partition coefficient (Wildman–Crippen LogP) is 9.14. The first kappa shape index (κ1) is 99.4. The van der Waals surface area contributed by atoms with E-state index in [4.69, 9.17) is 18.9 Å². The molecular weight excluding hydrogens is 1690 g/mol. The van der Waals surface area contributed by atoms with Crippen LogP contribution in [0.5, 0.6) is 11.5 Å². The van der Waals surface area contributed by atoms with Gasteiger partial charge in [-0.2, -0.15) is 0 Å². The van der Waals surface area contributed by atoms with Crippen molar-refractivity contribution in [3.8, 4) is 11.5 Å². The lowest BCUT2D eigenvalue weighted by Gasteiger charge is -2.37. The summed E-state index contributed by atoms with van der Waals surface area (Å²) in [5.41, 5.74) is -1.33. The predicted molar refractivity (Wildman–Crippen MR) is 488 cm³/mol. The molecule has 698 valence electrons. The number of ether oxygens (including phenoxy) is 4. The minimum absolute atomic E-state index is 0.0681. The first-order valence-corrected chi connectivity index (χ1v) is 45.3. The minimum atomic E-state index is -4.21. The number of aliphatic carboxylic acids is 1. The lowest BCUT2D eigenvalue weighted by atomic mass is 9.85. The molecule has 2 saturated heterocycles. The molecule has 1 aliphatic carbocycles. The van der Waals surface area contributed by atoms with Crippen LogP contribution in [0.3, 0.4) is 0 Å². The summed E-state index contributed by atoms with van der Waals surface area (Å²) in [6.45, 7) is 31.0. The minimum Gasteiger partial charge on any atom is -0.490 e. The van der Waals surface area contributed by atoms with Gasteiger partial charge in [-0.15, -0.1) is 11.7 Å². The molecule has 1 aromatic heterocycles. The number of carbonyl (C=O) groups excluding carboxylic acids is 11. The standard InChI is InChI=1S/C96H124N14O19S/c1-19-25-63-51-77(108(53-63)88(118)79(93(5,6)7)101-81(111)57(3)106(17)91(122)128-95(11,12)13)86(116)98-73(49-61-30-36-64-26-21-23-28-66(64)45-61)83(113)97-75(85(115)104-130(124,125)72-42-43-72)47-59-34-40-71(41-35-59)127-56-68-54-110(105-103-68)69-52-78(109(55-69)89(119)80(94(8,9)10)102-82(112)58(4)107(18)92(123)129-96(14,15)16)87(117)99-74(50-62-31-37-65-27-22-24-29-67(65)46-62)84(114)100-76(90(120)121)48-60-32-38-70(39-33-60)126-44-20-2/h19-24,26-41,45-46,54,57-58,63,69,72-80H,1-2,25,42-44,47-53,55-56H2,3-18H3,(H,97,113)(H,98,116)(H,99,117)(H,100,114)(H,101,111)(H,102,112)(H,104,115)(H,120,121)/t57?,58?,63-,69-,73?,74?,75?,76?,77-,78-,79?,80?/m0/s1. The van der Waals surface area contributed by atoms with Crippen LogP contribution in [0.1, 0.15) is 163 Å². The van der Waals surface area contributed by atoms with Crippen molar-refractivity contribution in [3.05, 3.63) is 193 Å². The van der Waals surface area contributed by atoms with Crippen molar-refractivity contribution in [1.82, 2.24) is 71.2 Å². The van der Waals surface area contributed by atoms with E-state index in [0.717, 1.165) is 31.3 Å². The number of sulfonamides is 1.